The molecule has 0 bridgehead atoms. The number of carbonyl (C=O) groups is 2. The molecule has 6 nitrogen and oxygen atoms in total. The molecule has 1 heterocycles. The third-order valence-corrected chi connectivity index (χ3v) is 5.84. The quantitative estimate of drug-likeness (QED) is 0.471. The Kier molecular flexibility index (Phi) is 6.23. The summed E-state index contributed by atoms with van der Waals surface area (Å²) in [5, 5.41) is 7.49. The molecule has 1 amide bonds. The van der Waals surface area contributed by atoms with Gasteiger partial charge in [-0.15, -0.1) is 0 Å². The molecule has 1 fully saturated rings. The summed E-state index contributed by atoms with van der Waals surface area (Å²) in [5.41, 5.74) is 3.73. The summed E-state index contributed by atoms with van der Waals surface area (Å²) >= 11 is 3.42. The third-order valence-electron chi connectivity index (χ3n) is 5.31. The van der Waals surface area contributed by atoms with Crippen LogP contribution in [0.3, 0.4) is 0 Å². The van der Waals surface area contributed by atoms with E-state index in [2.05, 4.69) is 26.3 Å². The van der Waals surface area contributed by atoms with Gasteiger partial charge in [-0.3, -0.25) is 4.79 Å². The van der Waals surface area contributed by atoms with Gasteiger partial charge in [0.1, 0.15) is 0 Å². The molecule has 1 aliphatic carbocycles. The molecule has 0 aliphatic heterocycles. The predicted octanol–water partition coefficient (Wildman–Crippen LogP) is 5.18. The van der Waals surface area contributed by atoms with Gasteiger partial charge in [0.2, 0.25) is 0 Å². The van der Waals surface area contributed by atoms with Crippen LogP contribution in [-0.4, -0.2) is 28.3 Å². The molecule has 7 heteroatoms. The summed E-state index contributed by atoms with van der Waals surface area (Å²) in [4.78, 5) is 24.8. The minimum absolute atomic E-state index is 0.111. The molecular weight excluding hydrogens is 458 g/mol. The van der Waals surface area contributed by atoms with E-state index in [4.69, 9.17) is 4.74 Å². The van der Waals surface area contributed by atoms with E-state index in [-0.39, 0.29) is 11.9 Å². The van der Waals surface area contributed by atoms with Crippen LogP contribution < -0.4 is 5.32 Å². The molecule has 1 aliphatic rings. The van der Waals surface area contributed by atoms with Crippen LogP contribution in [0.1, 0.15) is 70.8 Å². The fraction of sp³-hybridized carbons (Fsp3) is 0.292. The van der Waals surface area contributed by atoms with Gasteiger partial charge in [0, 0.05) is 21.6 Å². The Balaban J connectivity index is 1.51. The van der Waals surface area contributed by atoms with Crippen molar-refractivity contribution in [1.29, 1.82) is 0 Å². The first-order chi connectivity index (χ1) is 15.0. The fourth-order valence-corrected chi connectivity index (χ4v) is 3.71. The average molecular weight is 482 g/mol. The van der Waals surface area contributed by atoms with Gasteiger partial charge in [0.05, 0.1) is 18.3 Å². The number of amides is 1. The first-order valence-corrected chi connectivity index (χ1v) is 11.2. The Labute approximate surface area is 189 Å². The van der Waals surface area contributed by atoms with Gasteiger partial charge in [-0.1, -0.05) is 28.1 Å². The first-order valence-electron chi connectivity index (χ1n) is 10.4. The third kappa shape index (κ3) is 4.88. The number of hydrogen-bond acceptors (Lipinski definition) is 4. The summed E-state index contributed by atoms with van der Waals surface area (Å²) in [5.74, 6) is -0.149. The minimum atomic E-state index is -0.416. The topological polar surface area (TPSA) is 73.2 Å². The molecule has 0 saturated heterocycles. The van der Waals surface area contributed by atoms with Gasteiger partial charge in [0.25, 0.3) is 5.91 Å². The Hall–Kier alpha value is -2.93. The summed E-state index contributed by atoms with van der Waals surface area (Å²) in [6, 6.07) is 16.9. The number of nitrogens with zero attached hydrogens (tertiary/aromatic N) is 2. The van der Waals surface area contributed by atoms with Crippen molar-refractivity contribution in [2.24, 2.45) is 0 Å². The number of benzene rings is 2. The number of rotatable bonds is 7. The SMILES string of the molecule is CCOC(=O)c1cc(C2CC2)n(-c2ccc(C(=O)N[C@H](C)c3ccc(Br)cc3)cc2)n1. The van der Waals surface area contributed by atoms with E-state index in [0.717, 1.165) is 34.3 Å². The molecule has 160 valence electrons. The maximum atomic E-state index is 12.7. The second-order valence-corrected chi connectivity index (χ2v) is 8.57. The van der Waals surface area contributed by atoms with Gasteiger partial charge in [-0.2, -0.15) is 5.10 Å². The minimum Gasteiger partial charge on any atom is -0.461 e. The highest BCUT2D eigenvalue weighted by Gasteiger charge is 2.30. The van der Waals surface area contributed by atoms with Crippen molar-refractivity contribution in [3.63, 3.8) is 0 Å². The monoisotopic (exact) mass is 481 g/mol. The van der Waals surface area contributed by atoms with Gasteiger partial charge in [0.15, 0.2) is 5.69 Å². The lowest BCUT2D eigenvalue weighted by Crippen LogP contribution is -2.26. The van der Waals surface area contributed by atoms with Crippen molar-refractivity contribution < 1.29 is 14.3 Å². The molecule has 0 spiro atoms. The normalized spacial score (nSPS) is 14.2. The van der Waals surface area contributed by atoms with Crippen LogP contribution in [0.5, 0.6) is 0 Å². The van der Waals surface area contributed by atoms with Crippen molar-refractivity contribution in [3.05, 3.63) is 81.6 Å². The summed E-state index contributed by atoms with van der Waals surface area (Å²) in [7, 11) is 0. The van der Waals surface area contributed by atoms with Crippen molar-refractivity contribution in [1.82, 2.24) is 15.1 Å². The largest absolute Gasteiger partial charge is 0.461 e. The van der Waals surface area contributed by atoms with E-state index < -0.39 is 5.97 Å². The number of ether oxygens (including phenoxy) is 1. The number of nitrogens with one attached hydrogen (secondary N) is 1. The second kappa shape index (κ2) is 9.06. The number of carbonyl (C=O) groups excluding carboxylic acids is 2. The average Bonchev–Trinajstić information content (AvgIpc) is 3.52. The van der Waals surface area contributed by atoms with Crippen molar-refractivity contribution in [2.45, 2.75) is 38.6 Å². The zero-order chi connectivity index (χ0) is 22.0. The molecular formula is C24H24BrN3O3. The molecule has 1 saturated carbocycles. The Bertz CT molecular complexity index is 1090. The van der Waals surface area contributed by atoms with Crippen LogP contribution in [0.2, 0.25) is 0 Å². The molecule has 0 radical (unpaired) electrons. The number of halogens is 1. The highest BCUT2D eigenvalue weighted by atomic mass is 79.9. The Morgan fingerprint density at radius 3 is 2.45 bits per heavy atom. The van der Waals surface area contributed by atoms with E-state index in [1.165, 1.54) is 0 Å². The van der Waals surface area contributed by atoms with E-state index in [9.17, 15) is 9.59 Å². The zero-order valence-corrected chi connectivity index (χ0v) is 19.1. The van der Waals surface area contributed by atoms with Crippen LogP contribution in [-0.2, 0) is 4.74 Å². The predicted molar refractivity (Wildman–Crippen MR) is 122 cm³/mol. The van der Waals surface area contributed by atoms with Crippen LogP contribution in [0.15, 0.2) is 59.1 Å². The van der Waals surface area contributed by atoms with Gasteiger partial charge < -0.3 is 10.1 Å². The lowest BCUT2D eigenvalue weighted by Gasteiger charge is -2.15. The van der Waals surface area contributed by atoms with E-state index >= 15 is 0 Å². The molecule has 2 aromatic carbocycles. The lowest BCUT2D eigenvalue weighted by atomic mass is 10.1. The Morgan fingerprint density at radius 1 is 1.16 bits per heavy atom. The highest BCUT2D eigenvalue weighted by Crippen LogP contribution is 2.41. The van der Waals surface area contributed by atoms with Gasteiger partial charge in [-0.25, -0.2) is 9.48 Å². The van der Waals surface area contributed by atoms with Crippen LogP contribution >= 0.6 is 15.9 Å². The lowest BCUT2D eigenvalue weighted by molar-refractivity contribution is 0.0518. The standard InChI is InChI=1S/C24H24BrN3O3/c1-3-31-24(30)21-14-22(17-4-5-17)28(27-21)20-12-8-18(9-13-20)23(29)26-15(2)16-6-10-19(25)11-7-16/h6-15,17H,3-5H2,1-2H3,(H,26,29)/t15-/m1/s1. The van der Waals surface area contributed by atoms with Gasteiger partial charge >= 0.3 is 5.97 Å². The molecule has 31 heavy (non-hydrogen) atoms. The maximum Gasteiger partial charge on any atom is 0.358 e. The zero-order valence-electron chi connectivity index (χ0n) is 17.5. The second-order valence-electron chi connectivity index (χ2n) is 7.65. The van der Waals surface area contributed by atoms with Crippen LogP contribution in [0.4, 0.5) is 0 Å². The maximum absolute atomic E-state index is 12.7. The van der Waals surface area contributed by atoms with Gasteiger partial charge in [-0.05, 0) is 74.7 Å². The highest BCUT2D eigenvalue weighted by molar-refractivity contribution is 9.10. The fourth-order valence-electron chi connectivity index (χ4n) is 3.45. The smallest absolute Gasteiger partial charge is 0.358 e. The summed E-state index contributed by atoms with van der Waals surface area (Å²) in [6.07, 6.45) is 2.17. The van der Waals surface area contributed by atoms with E-state index in [0.29, 0.717) is 23.8 Å². The molecule has 4 rings (SSSR count). The number of hydrogen-bond donors (Lipinski definition) is 1. The molecule has 0 unspecified atom stereocenters. The number of aromatic nitrogens is 2. The first kappa shape index (κ1) is 21.3. The van der Waals surface area contributed by atoms with Crippen LogP contribution in [0.25, 0.3) is 5.69 Å². The van der Waals surface area contributed by atoms with Crippen LogP contribution in [0, 0.1) is 0 Å². The Morgan fingerprint density at radius 2 is 1.84 bits per heavy atom. The summed E-state index contributed by atoms with van der Waals surface area (Å²) < 4.78 is 7.88. The van der Waals surface area contributed by atoms with Crippen molar-refractivity contribution in [2.75, 3.05) is 6.61 Å². The molecule has 1 aromatic heterocycles. The molecule has 1 atom stereocenters. The number of esters is 1. The molecule has 1 N–H and O–H groups in total. The van der Waals surface area contributed by atoms with Crippen molar-refractivity contribution >= 4 is 27.8 Å². The van der Waals surface area contributed by atoms with E-state index in [1.807, 2.05) is 49.4 Å². The summed E-state index contributed by atoms with van der Waals surface area (Å²) in [6.45, 7) is 4.04. The molecule has 3 aromatic rings. The van der Waals surface area contributed by atoms with Crippen molar-refractivity contribution in [3.8, 4) is 5.69 Å². The van der Waals surface area contributed by atoms with E-state index in [1.54, 1.807) is 23.7 Å².